The Morgan fingerprint density at radius 2 is 2.08 bits per heavy atom. The van der Waals surface area contributed by atoms with E-state index in [0.29, 0.717) is 0 Å². The van der Waals surface area contributed by atoms with Gasteiger partial charge in [0.25, 0.3) is 0 Å². The SMILES string of the molecule is CC(C)(CS)COCCC1CCC1. The van der Waals surface area contributed by atoms with Gasteiger partial charge in [-0.2, -0.15) is 12.6 Å². The van der Waals surface area contributed by atoms with Gasteiger partial charge in [0.1, 0.15) is 0 Å². The van der Waals surface area contributed by atoms with Gasteiger partial charge in [-0.1, -0.05) is 33.1 Å². The molecule has 0 aromatic heterocycles. The van der Waals surface area contributed by atoms with Crippen LogP contribution >= 0.6 is 12.6 Å². The smallest absolute Gasteiger partial charge is 0.0524 e. The molecule has 0 radical (unpaired) electrons. The molecule has 0 heterocycles. The molecule has 2 heteroatoms. The standard InChI is InChI=1S/C11H22OS/c1-11(2,9-13)8-12-7-6-10-4-3-5-10/h10,13H,3-9H2,1-2H3. The van der Waals surface area contributed by atoms with Gasteiger partial charge in [-0.25, -0.2) is 0 Å². The molecule has 0 bridgehead atoms. The first-order chi connectivity index (χ1) is 6.14. The summed E-state index contributed by atoms with van der Waals surface area (Å²) in [6, 6.07) is 0. The minimum atomic E-state index is 0.239. The Balaban J connectivity index is 1.93. The molecule has 0 N–H and O–H groups in total. The maximum Gasteiger partial charge on any atom is 0.0524 e. The fourth-order valence-corrected chi connectivity index (χ4v) is 1.52. The highest BCUT2D eigenvalue weighted by Gasteiger charge is 2.18. The quantitative estimate of drug-likeness (QED) is 0.514. The van der Waals surface area contributed by atoms with Gasteiger partial charge < -0.3 is 4.74 Å². The molecule has 0 atom stereocenters. The first-order valence-corrected chi connectivity index (χ1v) is 5.96. The molecule has 0 aliphatic heterocycles. The summed E-state index contributed by atoms with van der Waals surface area (Å²) in [4.78, 5) is 0. The average Bonchev–Trinajstić information content (AvgIpc) is 2.01. The van der Waals surface area contributed by atoms with Gasteiger partial charge in [-0.15, -0.1) is 0 Å². The molecule has 0 saturated heterocycles. The van der Waals surface area contributed by atoms with Crippen molar-refractivity contribution in [2.24, 2.45) is 11.3 Å². The fourth-order valence-electron chi connectivity index (χ4n) is 1.43. The molecule has 1 fully saturated rings. The van der Waals surface area contributed by atoms with E-state index in [-0.39, 0.29) is 5.41 Å². The molecule has 0 aromatic carbocycles. The summed E-state index contributed by atoms with van der Waals surface area (Å²) in [5, 5.41) is 0. The lowest BCUT2D eigenvalue weighted by Gasteiger charge is -2.26. The minimum absolute atomic E-state index is 0.239. The fraction of sp³-hybridized carbons (Fsp3) is 1.00. The Morgan fingerprint density at radius 3 is 2.54 bits per heavy atom. The first kappa shape index (κ1) is 11.4. The summed E-state index contributed by atoms with van der Waals surface area (Å²) in [5.41, 5.74) is 0.239. The second-order valence-electron chi connectivity index (χ2n) is 4.96. The lowest BCUT2D eigenvalue weighted by atomic mass is 9.83. The molecule has 0 amide bonds. The van der Waals surface area contributed by atoms with Gasteiger partial charge >= 0.3 is 0 Å². The Kier molecular flexibility index (Phi) is 4.60. The van der Waals surface area contributed by atoms with Crippen LogP contribution in [0.4, 0.5) is 0 Å². The van der Waals surface area contributed by atoms with Crippen molar-refractivity contribution >= 4 is 12.6 Å². The van der Waals surface area contributed by atoms with Crippen LogP contribution in [0.3, 0.4) is 0 Å². The zero-order valence-corrected chi connectivity index (χ0v) is 9.78. The zero-order valence-electron chi connectivity index (χ0n) is 8.88. The second kappa shape index (κ2) is 5.26. The Morgan fingerprint density at radius 1 is 1.38 bits per heavy atom. The van der Waals surface area contributed by atoms with Crippen molar-refractivity contribution in [1.82, 2.24) is 0 Å². The van der Waals surface area contributed by atoms with Gasteiger partial charge in [-0.3, -0.25) is 0 Å². The van der Waals surface area contributed by atoms with Gasteiger partial charge in [0.2, 0.25) is 0 Å². The third-order valence-corrected chi connectivity index (χ3v) is 3.67. The Labute approximate surface area is 87.7 Å². The number of rotatable bonds is 6. The number of hydrogen-bond acceptors (Lipinski definition) is 2. The molecule has 1 aliphatic carbocycles. The van der Waals surface area contributed by atoms with Crippen molar-refractivity contribution in [1.29, 1.82) is 0 Å². The van der Waals surface area contributed by atoms with Crippen LogP contribution in [0.5, 0.6) is 0 Å². The molecule has 13 heavy (non-hydrogen) atoms. The van der Waals surface area contributed by atoms with Gasteiger partial charge in [0, 0.05) is 6.61 Å². The lowest BCUT2D eigenvalue weighted by molar-refractivity contribution is 0.0575. The van der Waals surface area contributed by atoms with Crippen LogP contribution in [-0.4, -0.2) is 19.0 Å². The van der Waals surface area contributed by atoms with E-state index in [1.165, 1.54) is 25.7 Å². The lowest BCUT2D eigenvalue weighted by Crippen LogP contribution is -2.22. The van der Waals surface area contributed by atoms with E-state index in [1.54, 1.807) is 0 Å². The summed E-state index contributed by atoms with van der Waals surface area (Å²) in [7, 11) is 0. The third-order valence-electron chi connectivity index (χ3n) is 2.82. The van der Waals surface area contributed by atoms with Crippen LogP contribution in [0.15, 0.2) is 0 Å². The van der Waals surface area contributed by atoms with Gasteiger partial charge in [0.15, 0.2) is 0 Å². The maximum atomic E-state index is 5.65. The van der Waals surface area contributed by atoms with Crippen LogP contribution in [0, 0.1) is 11.3 Å². The predicted molar refractivity (Wildman–Crippen MR) is 60.4 cm³/mol. The highest BCUT2D eigenvalue weighted by molar-refractivity contribution is 7.80. The van der Waals surface area contributed by atoms with E-state index >= 15 is 0 Å². The van der Waals surface area contributed by atoms with E-state index in [0.717, 1.165) is 24.9 Å². The average molecular weight is 202 g/mol. The summed E-state index contributed by atoms with van der Waals surface area (Å²) in [5.74, 6) is 1.87. The van der Waals surface area contributed by atoms with Crippen molar-refractivity contribution in [2.75, 3.05) is 19.0 Å². The van der Waals surface area contributed by atoms with E-state index in [1.807, 2.05) is 0 Å². The number of ether oxygens (including phenoxy) is 1. The molecular formula is C11H22OS. The highest BCUT2D eigenvalue weighted by Crippen LogP contribution is 2.29. The molecular weight excluding hydrogens is 180 g/mol. The largest absolute Gasteiger partial charge is 0.381 e. The summed E-state index contributed by atoms with van der Waals surface area (Å²) in [6.07, 6.45) is 5.56. The van der Waals surface area contributed by atoms with E-state index < -0.39 is 0 Å². The molecule has 0 aromatic rings. The van der Waals surface area contributed by atoms with E-state index in [4.69, 9.17) is 4.74 Å². The topological polar surface area (TPSA) is 9.23 Å². The molecule has 1 rings (SSSR count). The Bertz CT molecular complexity index is 141. The highest BCUT2D eigenvalue weighted by atomic mass is 32.1. The molecule has 1 saturated carbocycles. The first-order valence-electron chi connectivity index (χ1n) is 5.33. The molecule has 0 unspecified atom stereocenters. The van der Waals surface area contributed by atoms with Gasteiger partial charge in [0.05, 0.1) is 6.61 Å². The zero-order chi connectivity index (χ0) is 9.73. The van der Waals surface area contributed by atoms with Crippen molar-refractivity contribution in [3.63, 3.8) is 0 Å². The summed E-state index contributed by atoms with van der Waals surface area (Å²) >= 11 is 4.29. The van der Waals surface area contributed by atoms with Crippen LogP contribution in [0.2, 0.25) is 0 Å². The molecule has 1 aliphatic rings. The number of thiol groups is 1. The van der Waals surface area contributed by atoms with Crippen LogP contribution in [0.1, 0.15) is 39.5 Å². The molecule has 78 valence electrons. The molecule has 0 spiro atoms. The van der Waals surface area contributed by atoms with Crippen molar-refractivity contribution < 1.29 is 4.74 Å². The van der Waals surface area contributed by atoms with Crippen LogP contribution in [0.25, 0.3) is 0 Å². The Hall–Kier alpha value is 0.310. The molecule has 1 nitrogen and oxygen atoms in total. The predicted octanol–water partition coefficient (Wildman–Crippen LogP) is 3.15. The normalized spacial score (nSPS) is 18.7. The van der Waals surface area contributed by atoms with Crippen molar-refractivity contribution in [2.45, 2.75) is 39.5 Å². The summed E-state index contributed by atoms with van der Waals surface area (Å²) in [6.45, 7) is 6.19. The number of hydrogen-bond donors (Lipinski definition) is 1. The van der Waals surface area contributed by atoms with Crippen LogP contribution < -0.4 is 0 Å². The van der Waals surface area contributed by atoms with Gasteiger partial charge in [-0.05, 0) is 23.5 Å². The minimum Gasteiger partial charge on any atom is -0.381 e. The van der Waals surface area contributed by atoms with Crippen molar-refractivity contribution in [3.05, 3.63) is 0 Å². The van der Waals surface area contributed by atoms with Crippen molar-refractivity contribution in [3.8, 4) is 0 Å². The van der Waals surface area contributed by atoms with Crippen LogP contribution in [-0.2, 0) is 4.74 Å². The third kappa shape index (κ3) is 4.37. The van der Waals surface area contributed by atoms with E-state index in [2.05, 4.69) is 26.5 Å². The second-order valence-corrected chi connectivity index (χ2v) is 5.28. The summed E-state index contributed by atoms with van der Waals surface area (Å²) < 4.78 is 5.65. The van der Waals surface area contributed by atoms with E-state index in [9.17, 15) is 0 Å². The monoisotopic (exact) mass is 202 g/mol. The maximum absolute atomic E-state index is 5.65.